The molecular formula is C11H16N2O3. The number of aliphatic hydroxyl groups is 2. The Morgan fingerprint density at radius 3 is 2.31 bits per heavy atom. The van der Waals surface area contributed by atoms with E-state index in [9.17, 15) is 4.79 Å². The third-order valence-electron chi connectivity index (χ3n) is 2.14. The summed E-state index contributed by atoms with van der Waals surface area (Å²) in [6.45, 7) is 0.898. The van der Waals surface area contributed by atoms with E-state index in [1.165, 1.54) is 0 Å². The van der Waals surface area contributed by atoms with E-state index in [2.05, 4.69) is 10.6 Å². The number of carbonyl (C=O) groups is 1. The number of amides is 2. The van der Waals surface area contributed by atoms with Crippen molar-refractivity contribution in [2.45, 2.75) is 12.5 Å². The molecule has 1 aromatic rings. The highest BCUT2D eigenvalue weighted by atomic mass is 16.3. The second-order valence-electron chi connectivity index (χ2n) is 3.82. The van der Waals surface area contributed by atoms with E-state index in [1.807, 2.05) is 6.07 Å². The molecular weight excluding hydrogens is 208 g/mol. The molecule has 0 aliphatic heterocycles. The van der Waals surface area contributed by atoms with E-state index in [4.69, 9.17) is 10.2 Å². The topological polar surface area (TPSA) is 81.6 Å². The van der Waals surface area contributed by atoms with Gasteiger partial charge >= 0.3 is 6.03 Å². The highest BCUT2D eigenvalue weighted by molar-refractivity contribution is 5.89. The molecule has 0 aliphatic rings. The normalized spacial score (nSPS) is 10.9. The maximum atomic E-state index is 11.5. The van der Waals surface area contributed by atoms with E-state index in [0.29, 0.717) is 5.69 Å². The molecule has 1 aromatic carbocycles. The Bertz CT molecular complexity index is 336. The molecule has 88 valence electrons. The summed E-state index contributed by atoms with van der Waals surface area (Å²) in [7, 11) is 0. The molecule has 0 saturated heterocycles. The minimum atomic E-state index is -1.02. The van der Waals surface area contributed by atoms with Crippen LogP contribution in [0.4, 0.5) is 10.5 Å². The first kappa shape index (κ1) is 12.5. The summed E-state index contributed by atoms with van der Waals surface area (Å²) >= 11 is 0. The van der Waals surface area contributed by atoms with Crippen molar-refractivity contribution in [3.63, 3.8) is 0 Å². The monoisotopic (exact) mass is 224 g/mol. The third kappa shape index (κ3) is 3.52. The van der Waals surface area contributed by atoms with Crippen molar-refractivity contribution in [3.05, 3.63) is 30.3 Å². The molecule has 2 amide bonds. The van der Waals surface area contributed by atoms with Crippen molar-refractivity contribution >= 4 is 11.7 Å². The predicted octanol–water partition coefficient (Wildman–Crippen LogP) is 0.551. The second kappa shape index (κ2) is 5.48. The highest BCUT2D eigenvalue weighted by Gasteiger charge is 2.24. The average molecular weight is 224 g/mol. The lowest BCUT2D eigenvalue weighted by Crippen LogP contribution is -2.53. The zero-order chi connectivity index (χ0) is 12.0. The number of urea groups is 1. The van der Waals surface area contributed by atoms with Crippen LogP contribution in [0.3, 0.4) is 0 Å². The maximum Gasteiger partial charge on any atom is 0.319 e. The van der Waals surface area contributed by atoms with Gasteiger partial charge in [0.2, 0.25) is 0 Å². The van der Waals surface area contributed by atoms with Gasteiger partial charge in [-0.1, -0.05) is 18.2 Å². The average Bonchev–Trinajstić information content (AvgIpc) is 2.30. The van der Waals surface area contributed by atoms with Crippen molar-refractivity contribution < 1.29 is 15.0 Å². The molecule has 1 rings (SSSR count). The second-order valence-corrected chi connectivity index (χ2v) is 3.82. The molecule has 4 N–H and O–H groups in total. The van der Waals surface area contributed by atoms with Gasteiger partial charge < -0.3 is 20.8 Å². The van der Waals surface area contributed by atoms with Crippen LogP contribution in [-0.4, -0.2) is 35.0 Å². The molecule has 5 heteroatoms. The van der Waals surface area contributed by atoms with Gasteiger partial charge in [-0.25, -0.2) is 4.79 Å². The predicted molar refractivity (Wildman–Crippen MR) is 61.2 cm³/mol. The van der Waals surface area contributed by atoms with Crippen LogP contribution in [0.5, 0.6) is 0 Å². The summed E-state index contributed by atoms with van der Waals surface area (Å²) in [5, 5.41) is 23.1. The van der Waals surface area contributed by atoms with Crippen molar-refractivity contribution in [2.75, 3.05) is 18.5 Å². The first-order valence-corrected chi connectivity index (χ1v) is 4.95. The summed E-state index contributed by atoms with van der Waals surface area (Å²) in [6, 6.07) is 8.47. The standard InChI is InChI=1S/C11H16N2O3/c1-11(7-14,8-15)13-10(16)12-9-5-3-2-4-6-9/h2-6,14-15H,7-8H2,1H3,(H2,12,13,16). The molecule has 0 saturated carbocycles. The molecule has 0 atom stereocenters. The number of carbonyl (C=O) groups excluding carboxylic acids is 1. The van der Waals surface area contributed by atoms with E-state index in [-0.39, 0.29) is 13.2 Å². The van der Waals surface area contributed by atoms with Crippen LogP contribution in [-0.2, 0) is 0 Å². The minimum absolute atomic E-state index is 0.328. The number of rotatable bonds is 4. The Labute approximate surface area is 94.1 Å². The van der Waals surface area contributed by atoms with Gasteiger partial charge in [0.1, 0.15) is 0 Å². The highest BCUT2D eigenvalue weighted by Crippen LogP contribution is 2.06. The van der Waals surface area contributed by atoms with Crippen LogP contribution in [0.2, 0.25) is 0 Å². The molecule has 5 nitrogen and oxygen atoms in total. The van der Waals surface area contributed by atoms with Gasteiger partial charge in [0.15, 0.2) is 0 Å². The maximum absolute atomic E-state index is 11.5. The molecule has 16 heavy (non-hydrogen) atoms. The fraction of sp³-hybridized carbons (Fsp3) is 0.364. The van der Waals surface area contributed by atoms with Gasteiger partial charge in [0, 0.05) is 5.69 Å². The SMILES string of the molecule is CC(CO)(CO)NC(=O)Nc1ccccc1. The third-order valence-corrected chi connectivity index (χ3v) is 2.14. The Kier molecular flexibility index (Phi) is 4.28. The summed E-state index contributed by atoms with van der Waals surface area (Å²) in [4.78, 5) is 11.5. The first-order valence-electron chi connectivity index (χ1n) is 4.95. The van der Waals surface area contributed by atoms with Crippen LogP contribution in [0, 0.1) is 0 Å². The van der Waals surface area contributed by atoms with Crippen LogP contribution in [0.1, 0.15) is 6.92 Å². The molecule has 0 bridgehead atoms. The van der Waals surface area contributed by atoms with E-state index < -0.39 is 11.6 Å². The summed E-state index contributed by atoms with van der Waals surface area (Å²) in [6.07, 6.45) is 0. The van der Waals surface area contributed by atoms with E-state index in [0.717, 1.165) is 0 Å². The molecule has 0 unspecified atom stereocenters. The van der Waals surface area contributed by atoms with Gasteiger partial charge in [-0.05, 0) is 19.1 Å². The van der Waals surface area contributed by atoms with Crippen LogP contribution >= 0.6 is 0 Å². The van der Waals surface area contributed by atoms with Crippen molar-refractivity contribution in [1.29, 1.82) is 0 Å². The number of nitrogens with one attached hydrogen (secondary N) is 2. The van der Waals surface area contributed by atoms with Gasteiger partial charge in [-0.15, -0.1) is 0 Å². The molecule has 0 aliphatic carbocycles. The van der Waals surface area contributed by atoms with Crippen molar-refractivity contribution in [1.82, 2.24) is 5.32 Å². The zero-order valence-corrected chi connectivity index (χ0v) is 9.10. The largest absolute Gasteiger partial charge is 0.394 e. The summed E-state index contributed by atoms with van der Waals surface area (Å²) in [5.41, 5.74) is -0.364. The number of hydrogen-bond donors (Lipinski definition) is 4. The fourth-order valence-electron chi connectivity index (χ4n) is 1.09. The number of benzene rings is 1. The molecule has 0 heterocycles. The number of aliphatic hydroxyl groups excluding tert-OH is 2. The Hall–Kier alpha value is -1.59. The quantitative estimate of drug-likeness (QED) is 0.603. The lowest BCUT2D eigenvalue weighted by Gasteiger charge is -2.26. The fourth-order valence-corrected chi connectivity index (χ4v) is 1.09. The lowest BCUT2D eigenvalue weighted by molar-refractivity contribution is 0.111. The number of hydrogen-bond acceptors (Lipinski definition) is 3. The van der Waals surface area contributed by atoms with Gasteiger partial charge in [0.05, 0.1) is 18.8 Å². The number of para-hydroxylation sites is 1. The van der Waals surface area contributed by atoms with Crippen LogP contribution in [0.15, 0.2) is 30.3 Å². The lowest BCUT2D eigenvalue weighted by atomic mass is 10.1. The van der Waals surface area contributed by atoms with Crippen molar-refractivity contribution in [3.8, 4) is 0 Å². The van der Waals surface area contributed by atoms with Gasteiger partial charge in [0.25, 0.3) is 0 Å². The minimum Gasteiger partial charge on any atom is -0.394 e. The summed E-state index contributed by atoms with van der Waals surface area (Å²) < 4.78 is 0. The van der Waals surface area contributed by atoms with Crippen molar-refractivity contribution in [2.24, 2.45) is 0 Å². The van der Waals surface area contributed by atoms with E-state index >= 15 is 0 Å². The van der Waals surface area contributed by atoms with Gasteiger partial charge in [-0.2, -0.15) is 0 Å². The Morgan fingerprint density at radius 2 is 1.81 bits per heavy atom. The van der Waals surface area contributed by atoms with Crippen LogP contribution < -0.4 is 10.6 Å². The Morgan fingerprint density at radius 1 is 1.25 bits per heavy atom. The smallest absolute Gasteiger partial charge is 0.319 e. The Balaban J connectivity index is 2.54. The first-order chi connectivity index (χ1) is 7.59. The van der Waals surface area contributed by atoms with Gasteiger partial charge in [-0.3, -0.25) is 0 Å². The number of anilines is 1. The molecule has 0 radical (unpaired) electrons. The van der Waals surface area contributed by atoms with E-state index in [1.54, 1.807) is 31.2 Å². The molecule has 0 aromatic heterocycles. The summed E-state index contributed by atoms with van der Waals surface area (Å²) in [5.74, 6) is 0. The zero-order valence-electron chi connectivity index (χ0n) is 9.10. The van der Waals surface area contributed by atoms with Crippen LogP contribution in [0.25, 0.3) is 0 Å². The molecule has 0 spiro atoms. The molecule has 0 fully saturated rings.